The van der Waals surface area contributed by atoms with Gasteiger partial charge in [0.15, 0.2) is 5.82 Å². The molecule has 7 heteroatoms. The van der Waals surface area contributed by atoms with Crippen molar-refractivity contribution >= 4 is 17.6 Å². The molecule has 0 radical (unpaired) electrons. The van der Waals surface area contributed by atoms with Crippen LogP contribution >= 0.6 is 11.6 Å². The molecule has 1 aromatic carbocycles. The van der Waals surface area contributed by atoms with E-state index in [-0.39, 0.29) is 12.5 Å². The Bertz CT molecular complexity index is 598. The van der Waals surface area contributed by atoms with E-state index in [2.05, 4.69) is 10.1 Å². The molecule has 21 heavy (non-hydrogen) atoms. The molecule has 0 atom stereocenters. The Morgan fingerprint density at radius 2 is 2.10 bits per heavy atom. The summed E-state index contributed by atoms with van der Waals surface area (Å²) < 4.78 is 10.1. The summed E-state index contributed by atoms with van der Waals surface area (Å²) in [5.74, 6) is 0.652. The maximum atomic E-state index is 11.4. The third kappa shape index (κ3) is 4.54. The first-order valence-electron chi connectivity index (χ1n) is 6.51. The van der Waals surface area contributed by atoms with Crippen molar-refractivity contribution in [1.29, 1.82) is 0 Å². The first-order chi connectivity index (χ1) is 10.1. The Morgan fingerprint density at radius 3 is 2.76 bits per heavy atom. The van der Waals surface area contributed by atoms with Crippen LogP contribution in [0.4, 0.5) is 0 Å². The average Bonchev–Trinajstić information content (AvgIpc) is 2.88. The molecule has 112 valence electrons. The minimum atomic E-state index is -0.276. The van der Waals surface area contributed by atoms with Crippen LogP contribution in [0.15, 0.2) is 28.8 Å². The molecule has 6 nitrogen and oxygen atoms in total. The predicted molar refractivity (Wildman–Crippen MR) is 77.7 cm³/mol. The second kappa shape index (κ2) is 7.19. The third-order valence-corrected chi connectivity index (χ3v) is 2.93. The molecule has 1 heterocycles. The largest absolute Gasteiger partial charge is 0.465 e. The Hall–Kier alpha value is -1.92. The lowest BCUT2D eigenvalue weighted by atomic mass is 10.2. The third-order valence-electron chi connectivity index (χ3n) is 2.67. The fourth-order valence-electron chi connectivity index (χ4n) is 1.75. The Labute approximate surface area is 127 Å². The maximum Gasteiger partial charge on any atom is 0.320 e. The highest BCUT2D eigenvalue weighted by molar-refractivity contribution is 6.30. The molecule has 1 aromatic heterocycles. The van der Waals surface area contributed by atoms with Gasteiger partial charge in [-0.2, -0.15) is 4.98 Å². The lowest BCUT2D eigenvalue weighted by Crippen LogP contribution is -2.27. The van der Waals surface area contributed by atoms with Crippen LogP contribution in [0.1, 0.15) is 12.7 Å². The van der Waals surface area contributed by atoms with E-state index in [1.165, 1.54) is 0 Å². The molecule has 2 rings (SSSR count). The van der Waals surface area contributed by atoms with Gasteiger partial charge in [-0.05, 0) is 38.2 Å². The van der Waals surface area contributed by atoms with Gasteiger partial charge in [0.2, 0.25) is 0 Å². The zero-order chi connectivity index (χ0) is 15.2. The highest BCUT2D eigenvalue weighted by Gasteiger charge is 2.13. The molecular weight excluding hydrogens is 294 g/mol. The smallest absolute Gasteiger partial charge is 0.320 e. The van der Waals surface area contributed by atoms with Crippen molar-refractivity contribution in [3.8, 4) is 11.5 Å². The molecule has 0 saturated heterocycles. The van der Waals surface area contributed by atoms with Gasteiger partial charge in [0.25, 0.3) is 5.89 Å². The second-order valence-corrected chi connectivity index (χ2v) is 4.94. The zero-order valence-electron chi connectivity index (χ0n) is 11.9. The first kappa shape index (κ1) is 15.5. The number of likely N-dealkylation sites (N-methyl/N-ethyl adjacent to an activating group) is 1. The lowest BCUT2D eigenvalue weighted by Gasteiger charge is -2.12. The molecule has 0 bridgehead atoms. The van der Waals surface area contributed by atoms with E-state index in [9.17, 15) is 4.79 Å². The summed E-state index contributed by atoms with van der Waals surface area (Å²) in [4.78, 5) is 17.4. The Morgan fingerprint density at radius 1 is 1.38 bits per heavy atom. The number of esters is 1. The fraction of sp³-hybridized carbons (Fsp3) is 0.357. The average molecular weight is 310 g/mol. The quantitative estimate of drug-likeness (QED) is 0.763. The van der Waals surface area contributed by atoms with Gasteiger partial charge in [0, 0.05) is 10.6 Å². The predicted octanol–water partition coefficient (Wildman–Crippen LogP) is 2.38. The normalized spacial score (nSPS) is 10.9. The van der Waals surface area contributed by atoms with Gasteiger partial charge in [-0.1, -0.05) is 16.8 Å². The fourth-order valence-corrected chi connectivity index (χ4v) is 1.88. The number of ether oxygens (including phenoxy) is 1. The summed E-state index contributed by atoms with van der Waals surface area (Å²) in [5, 5.41) is 4.54. The standard InChI is InChI=1S/C14H16ClN3O3/c1-3-20-13(19)9-18(2)8-12-16-14(21-17-12)10-4-6-11(15)7-5-10/h4-7H,3,8-9H2,1-2H3. The number of carbonyl (C=O) groups is 1. The molecule has 0 amide bonds. The molecule has 0 spiro atoms. The molecule has 0 N–H and O–H groups in total. The van der Waals surface area contributed by atoms with Crippen molar-refractivity contribution in [1.82, 2.24) is 15.0 Å². The number of hydrogen-bond donors (Lipinski definition) is 0. The van der Waals surface area contributed by atoms with Gasteiger partial charge in [-0.15, -0.1) is 0 Å². The minimum Gasteiger partial charge on any atom is -0.465 e. The monoisotopic (exact) mass is 309 g/mol. The Balaban J connectivity index is 1.96. The topological polar surface area (TPSA) is 68.5 Å². The van der Waals surface area contributed by atoms with Gasteiger partial charge in [-0.3, -0.25) is 9.69 Å². The summed E-state index contributed by atoms with van der Waals surface area (Å²) in [6.07, 6.45) is 0. The van der Waals surface area contributed by atoms with Crippen LogP contribution in [0, 0.1) is 0 Å². The van der Waals surface area contributed by atoms with Crippen LogP contribution in [0.5, 0.6) is 0 Å². The number of benzene rings is 1. The van der Waals surface area contributed by atoms with E-state index in [0.717, 1.165) is 5.56 Å². The SMILES string of the molecule is CCOC(=O)CN(C)Cc1noc(-c2ccc(Cl)cc2)n1. The summed E-state index contributed by atoms with van der Waals surface area (Å²) in [7, 11) is 1.79. The van der Waals surface area contributed by atoms with Crippen LogP contribution in [-0.4, -0.2) is 41.2 Å². The number of aromatic nitrogens is 2. The first-order valence-corrected chi connectivity index (χ1v) is 6.89. The van der Waals surface area contributed by atoms with Crippen LogP contribution in [0.25, 0.3) is 11.5 Å². The van der Waals surface area contributed by atoms with Crippen LogP contribution in [0.3, 0.4) is 0 Å². The van der Waals surface area contributed by atoms with Crippen molar-refractivity contribution < 1.29 is 14.1 Å². The van der Waals surface area contributed by atoms with Gasteiger partial charge >= 0.3 is 5.97 Å². The highest BCUT2D eigenvalue weighted by Crippen LogP contribution is 2.19. The van der Waals surface area contributed by atoms with E-state index in [0.29, 0.717) is 29.9 Å². The van der Waals surface area contributed by atoms with Gasteiger partial charge in [0.1, 0.15) is 0 Å². The van der Waals surface area contributed by atoms with Crippen molar-refractivity contribution in [3.05, 3.63) is 35.1 Å². The molecular formula is C14H16ClN3O3. The number of rotatable bonds is 6. The molecule has 0 saturated carbocycles. The van der Waals surface area contributed by atoms with E-state index < -0.39 is 0 Å². The molecule has 2 aromatic rings. The van der Waals surface area contributed by atoms with Crippen molar-refractivity contribution in [2.75, 3.05) is 20.2 Å². The van der Waals surface area contributed by atoms with Gasteiger partial charge < -0.3 is 9.26 Å². The van der Waals surface area contributed by atoms with Gasteiger partial charge in [0.05, 0.1) is 19.7 Å². The van der Waals surface area contributed by atoms with E-state index >= 15 is 0 Å². The van der Waals surface area contributed by atoms with E-state index in [1.54, 1.807) is 31.0 Å². The molecule has 0 unspecified atom stereocenters. The molecule has 0 aliphatic carbocycles. The minimum absolute atomic E-state index is 0.179. The summed E-state index contributed by atoms with van der Waals surface area (Å²) in [5.41, 5.74) is 0.797. The highest BCUT2D eigenvalue weighted by atomic mass is 35.5. The number of hydrogen-bond acceptors (Lipinski definition) is 6. The van der Waals surface area contributed by atoms with E-state index in [1.807, 2.05) is 12.1 Å². The van der Waals surface area contributed by atoms with Crippen molar-refractivity contribution in [2.45, 2.75) is 13.5 Å². The zero-order valence-corrected chi connectivity index (χ0v) is 12.6. The summed E-state index contributed by atoms with van der Waals surface area (Å²) in [6, 6.07) is 7.13. The molecule has 0 fully saturated rings. The van der Waals surface area contributed by atoms with Crippen LogP contribution in [0.2, 0.25) is 5.02 Å². The van der Waals surface area contributed by atoms with Gasteiger partial charge in [-0.25, -0.2) is 0 Å². The molecule has 0 aliphatic rings. The van der Waals surface area contributed by atoms with E-state index in [4.69, 9.17) is 20.9 Å². The molecule has 0 aliphatic heterocycles. The van der Waals surface area contributed by atoms with Crippen LogP contribution in [-0.2, 0) is 16.1 Å². The lowest BCUT2D eigenvalue weighted by molar-refractivity contribution is -0.144. The number of nitrogens with zero attached hydrogens (tertiary/aromatic N) is 3. The van der Waals surface area contributed by atoms with Crippen molar-refractivity contribution in [3.63, 3.8) is 0 Å². The van der Waals surface area contributed by atoms with Crippen LogP contribution < -0.4 is 0 Å². The maximum absolute atomic E-state index is 11.4. The van der Waals surface area contributed by atoms with Crippen molar-refractivity contribution in [2.24, 2.45) is 0 Å². The second-order valence-electron chi connectivity index (χ2n) is 4.50. The Kier molecular flexibility index (Phi) is 5.30. The number of carbonyl (C=O) groups excluding carboxylic acids is 1. The number of halogens is 1. The summed E-state index contributed by atoms with van der Waals surface area (Å²) >= 11 is 5.83. The summed E-state index contributed by atoms with van der Waals surface area (Å²) in [6.45, 7) is 2.72.